The van der Waals surface area contributed by atoms with E-state index in [4.69, 9.17) is 24.7 Å². The zero-order chi connectivity index (χ0) is 24.4. The molecular formula is C25H30FN5O4. The Balaban J connectivity index is 1.22. The third-order valence-electron chi connectivity index (χ3n) is 6.21. The second-order valence-corrected chi connectivity index (χ2v) is 8.62. The van der Waals surface area contributed by atoms with E-state index in [0.29, 0.717) is 48.5 Å². The Morgan fingerprint density at radius 2 is 1.69 bits per heavy atom. The van der Waals surface area contributed by atoms with E-state index in [2.05, 4.69) is 20.2 Å². The average molecular weight is 484 g/mol. The molecule has 0 saturated carbocycles. The summed E-state index contributed by atoms with van der Waals surface area (Å²) in [5, 5.41) is 4.18. The maximum atomic E-state index is 14.5. The molecule has 9 nitrogen and oxygen atoms in total. The topological polar surface area (TPSA) is 104 Å². The number of piperidine rings is 1. The standard InChI is InChI=1S/C25H30FN5O4/c1-3-32-21-9-15(10-22(23(21)26)33-4-2)13-31-7-5-16(6-8-31)28-25-29-18-12-20-19(34-14-35-20)11-17(18)24(27)30-25/h9-12,16H,3-8,13-14H2,1-2H3,(H3,27,28,29,30). The van der Waals surface area contributed by atoms with E-state index >= 15 is 0 Å². The van der Waals surface area contributed by atoms with E-state index in [1.807, 2.05) is 26.0 Å². The molecule has 1 fully saturated rings. The smallest absolute Gasteiger partial charge is 0.231 e. The molecule has 0 amide bonds. The number of nitrogens with zero attached hydrogens (tertiary/aromatic N) is 3. The number of benzene rings is 2. The summed E-state index contributed by atoms with van der Waals surface area (Å²) >= 11 is 0. The van der Waals surface area contributed by atoms with E-state index in [0.717, 1.165) is 36.9 Å². The first-order valence-electron chi connectivity index (χ1n) is 12.0. The number of nitrogens with one attached hydrogen (secondary N) is 1. The fraction of sp³-hybridized carbons (Fsp3) is 0.440. The Bertz CT molecular complexity index is 1190. The highest BCUT2D eigenvalue weighted by atomic mass is 19.1. The summed E-state index contributed by atoms with van der Waals surface area (Å²) in [4.78, 5) is 11.4. The van der Waals surface area contributed by atoms with Gasteiger partial charge < -0.3 is 30.0 Å². The monoisotopic (exact) mass is 483 g/mol. The fourth-order valence-electron chi connectivity index (χ4n) is 4.52. The van der Waals surface area contributed by atoms with Crippen molar-refractivity contribution >= 4 is 22.7 Å². The molecule has 0 spiro atoms. The van der Waals surface area contributed by atoms with Gasteiger partial charge in [-0.1, -0.05) is 0 Å². The SMILES string of the molecule is CCOc1cc(CN2CCC(Nc3nc(N)c4cc5c(cc4n3)OCO5)CC2)cc(OCC)c1F. The number of hydrogen-bond acceptors (Lipinski definition) is 9. The first-order valence-corrected chi connectivity index (χ1v) is 12.0. The minimum Gasteiger partial charge on any atom is -0.491 e. The van der Waals surface area contributed by atoms with Crippen LogP contribution in [0.2, 0.25) is 0 Å². The highest BCUT2D eigenvalue weighted by Crippen LogP contribution is 2.37. The lowest BCUT2D eigenvalue weighted by atomic mass is 10.0. The molecule has 1 saturated heterocycles. The predicted octanol–water partition coefficient (Wildman–Crippen LogP) is 3.95. The molecule has 0 unspecified atom stereocenters. The quantitative estimate of drug-likeness (QED) is 0.493. The van der Waals surface area contributed by atoms with Gasteiger partial charge >= 0.3 is 0 Å². The van der Waals surface area contributed by atoms with Crippen LogP contribution in [0.5, 0.6) is 23.0 Å². The van der Waals surface area contributed by atoms with Crippen molar-refractivity contribution in [1.29, 1.82) is 0 Å². The lowest BCUT2D eigenvalue weighted by Crippen LogP contribution is -2.39. The lowest BCUT2D eigenvalue weighted by Gasteiger charge is -2.32. The van der Waals surface area contributed by atoms with Gasteiger partial charge in [-0.05, 0) is 50.5 Å². The van der Waals surface area contributed by atoms with Gasteiger partial charge in [0.15, 0.2) is 23.0 Å². The first kappa shape index (κ1) is 23.2. The Labute approximate surface area is 203 Å². The van der Waals surface area contributed by atoms with Crippen LogP contribution in [0.3, 0.4) is 0 Å². The highest BCUT2D eigenvalue weighted by Gasteiger charge is 2.23. The van der Waals surface area contributed by atoms with Gasteiger partial charge in [0.1, 0.15) is 5.82 Å². The third kappa shape index (κ3) is 4.97. The molecule has 3 aromatic rings. The molecule has 3 N–H and O–H groups in total. The van der Waals surface area contributed by atoms with Crippen LogP contribution >= 0.6 is 0 Å². The molecule has 35 heavy (non-hydrogen) atoms. The second-order valence-electron chi connectivity index (χ2n) is 8.62. The zero-order valence-electron chi connectivity index (χ0n) is 20.0. The molecular weight excluding hydrogens is 453 g/mol. The van der Waals surface area contributed by atoms with Gasteiger partial charge in [0.25, 0.3) is 0 Å². The van der Waals surface area contributed by atoms with Crippen LogP contribution in [0, 0.1) is 5.82 Å². The number of rotatable bonds is 8. The van der Waals surface area contributed by atoms with Crippen molar-refractivity contribution in [1.82, 2.24) is 14.9 Å². The van der Waals surface area contributed by atoms with Gasteiger partial charge in [0.2, 0.25) is 18.6 Å². The number of hydrogen-bond donors (Lipinski definition) is 2. The maximum absolute atomic E-state index is 14.5. The summed E-state index contributed by atoms with van der Waals surface area (Å²) in [5.41, 5.74) is 7.88. The van der Waals surface area contributed by atoms with Crippen molar-refractivity contribution in [3.8, 4) is 23.0 Å². The summed E-state index contributed by atoms with van der Waals surface area (Å²) in [6.45, 7) is 7.12. The van der Waals surface area contributed by atoms with Crippen LogP contribution in [0.1, 0.15) is 32.3 Å². The molecule has 0 aliphatic carbocycles. The Hall–Kier alpha value is -3.53. The van der Waals surface area contributed by atoms with Gasteiger partial charge in [-0.25, -0.2) is 4.98 Å². The number of halogens is 1. The van der Waals surface area contributed by atoms with E-state index in [-0.39, 0.29) is 24.3 Å². The normalized spacial score (nSPS) is 16.0. The van der Waals surface area contributed by atoms with Crippen LogP contribution in [0.15, 0.2) is 24.3 Å². The molecule has 0 atom stereocenters. The van der Waals surface area contributed by atoms with Crippen LogP contribution in [-0.2, 0) is 6.54 Å². The van der Waals surface area contributed by atoms with Crippen LogP contribution in [0.25, 0.3) is 10.9 Å². The Kier molecular flexibility index (Phi) is 6.63. The van der Waals surface area contributed by atoms with Crippen LogP contribution in [-0.4, -0.2) is 54.0 Å². The van der Waals surface area contributed by atoms with Gasteiger partial charge in [-0.3, -0.25) is 4.90 Å². The molecule has 186 valence electrons. The van der Waals surface area contributed by atoms with Crippen molar-refractivity contribution in [2.24, 2.45) is 0 Å². The van der Waals surface area contributed by atoms with Crippen LogP contribution in [0.4, 0.5) is 16.2 Å². The van der Waals surface area contributed by atoms with Crippen molar-refractivity contribution in [3.63, 3.8) is 0 Å². The van der Waals surface area contributed by atoms with Crippen molar-refractivity contribution in [2.45, 2.75) is 39.3 Å². The number of aromatic nitrogens is 2. The molecule has 10 heteroatoms. The van der Waals surface area contributed by atoms with Crippen molar-refractivity contribution in [2.75, 3.05) is 44.1 Å². The molecule has 0 bridgehead atoms. The maximum Gasteiger partial charge on any atom is 0.231 e. The minimum absolute atomic E-state index is 0.195. The highest BCUT2D eigenvalue weighted by molar-refractivity contribution is 5.91. The van der Waals surface area contributed by atoms with Gasteiger partial charge in [-0.2, -0.15) is 9.37 Å². The molecule has 5 rings (SSSR count). The molecule has 3 heterocycles. The predicted molar refractivity (Wildman–Crippen MR) is 131 cm³/mol. The summed E-state index contributed by atoms with van der Waals surface area (Å²) in [6.07, 6.45) is 1.83. The minimum atomic E-state index is -0.445. The first-order chi connectivity index (χ1) is 17.0. The zero-order valence-corrected chi connectivity index (χ0v) is 20.0. The van der Waals surface area contributed by atoms with Crippen LogP contribution < -0.4 is 30.0 Å². The number of likely N-dealkylation sites (tertiary alicyclic amines) is 1. The Morgan fingerprint density at radius 1 is 1.03 bits per heavy atom. The van der Waals surface area contributed by atoms with Crippen molar-refractivity contribution in [3.05, 3.63) is 35.6 Å². The summed E-state index contributed by atoms with van der Waals surface area (Å²) in [7, 11) is 0. The number of fused-ring (bicyclic) bond motifs is 2. The number of ether oxygens (including phenoxy) is 4. The van der Waals surface area contributed by atoms with Gasteiger partial charge in [-0.15, -0.1) is 0 Å². The largest absolute Gasteiger partial charge is 0.491 e. The molecule has 1 aromatic heterocycles. The van der Waals surface area contributed by atoms with E-state index in [1.165, 1.54) is 0 Å². The molecule has 2 aliphatic heterocycles. The van der Waals surface area contributed by atoms with Crippen molar-refractivity contribution < 1.29 is 23.3 Å². The number of nitrogens with two attached hydrogens (primary N) is 1. The van der Waals surface area contributed by atoms with E-state index < -0.39 is 5.82 Å². The third-order valence-corrected chi connectivity index (χ3v) is 6.21. The lowest BCUT2D eigenvalue weighted by molar-refractivity contribution is 0.174. The summed E-state index contributed by atoms with van der Waals surface area (Å²) < 4.78 is 36.4. The van der Waals surface area contributed by atoms with Gasteiger partial charge in [0.05, 0.1) is 18.7 Å². The molecule has 0 radical (unpaired) electrons. The van der Waals surface area contributed by atoms with Gasteiger partial charge in [0, 0.05) is 37.1 Å². The average Bonchev–Trinajstić information content (AvgIpc) is 3.30. The van der Waals surface area contributed by atoms with E-state index in [1.54, 1.807) is 12.1 Å². The fourth-order valence-corrected chi connectivity index (χ4v) is 4.52. The molecule has 2 aromatic carbocycles. The number of anilines is 2. The second kappa shape index (κ2) is 9.99. The Morgan fingerprint density at radius 3 is 2.34 bits per heavy atom. The molecule has 2 aliphatic rings. The summed E-state index contributed by atoms with van der Waals surface area (Å²) in [5.74, 6) is 2.25. The summed E-state index contributed by atoms with van der Waals surface area (Å²) in [6, 6.07) is 7.41. The number of nitrogen functional groups attached to an aromatic ring is 1. The van der Waals surface area contributed by atoms with E-state index in [9.17, 15) is 4.39 Å².